The van der Waals surface area contributed by atoms with Crippen molar-refractivity contribution in [2.75, 3.05) is 6.61 Å². The zero-order chi connectivity index (χ0) is 12.1. The SMILES string of the molecule is CCCCOC(=O)C(O)C(C)(C)C(=O)O. The van der Waals surface area contributed by atoms with Gasteiger partial charge in [-0.05, 0) is 20.3 Å². The van der Waals surface area contributed by atoms with E-state index in [-0.39, 0.29) is 6.61 Å². The largest absolute Gasteiger partial charge is 0.481 e. The molecule has 1 atom stereocenters. The van der Waals surface area contributed by atoms with Gasteiger partial charge in [0, 0.05) is 0 Å². The van der Waals surface area contributed by atoms with Crippen LogP contribution >= 0.6 is 0 Å². The number of aliphatic hydroxyl groups is 1. The zero-order valence-electron chi connectivity index (χ0n) is 9.32. The molecule has 0 aliphatic carbocycles. The van der Waals surface area contributed by atoms with E-state index in [2.05, 4.69) is 0 Å². The van der Waals surface area contributed by atoms with Crippen molar-refractivity contribution in [1.29, 1.82) is 0 Å². The Labute approximate surface area is 89.0 Å². The van der Waals surface area contributed by atoms with E-state index in [0.717, 1.165) is 6.42 Å². The molecular weight excluding hydrogens is 200 g/mol. The summed E-state index contributed by atoms with van der Waals surface area (Å²) in [4.78, 5) is 22.0. The highest BCUT2D eigenvalue weighted by Gasteiger charge is 2.41. The molecule has 0 aromatic carbocycles. The van der Waals surface area contributed by atoms with Crippen molar-refractivity contribution in [3.05, 3.63) is 0 Å². The maximum absolute atomic E-state index is 11.2. The monoisotopic (exact) mass is 218 g/mol. The van der Waals surface area contributed by atoms with Gasteiger partial charge >= 0.3 is 11.9 Å². The molecule has 0 saturated heterocycles. The summed E-state index contributed by atoms with van der Waals surface area (Å²) in [6, 6.07) is 0. The minimum absolute atomic E-state index is 0.210. The molecule has 0 spiro atoms. The van der Waals surface area contributed by atoms with Crippen LogP contribution in [-0.4, -0.2) is 34.9 Å². The average Bonchev–Trinajstić information content (AvgIpc) is 2.16. The maximum atomic E-state index is 11.2. The van der Waals surface area contributed by atoms with Gasteiger partial charge in [0.25, 0.3) is 0 Å². The predicted octanol–water partition coefficient (Wildman–Crippen LogP) is 0.801. The van der Waals surface area contributed by atoms with Gasteiger partial charge in [0.2, 0.25) is 0 Å². The molecule has 2 N–H and O–H groups in total. The maximum Gasteiger partial charge on any atom is 0.336 e. The molecule has 0 amide bonds. The Hall–Kier alpha value is -1.10. The first-order chi connectivity index (χ1) is 6.84. The van der Waals surface area contributed by atoms with Crippen LogP contribution in [0.1, 0.15) is 33.6 Å². The molecule has 88 valence electrons. The second-order valence-electron chi connectivity index (χ2n) is 3.95. The molecule has 0 bridgehead atoms. The number of rotatable bonds is 6. The summed E-state index contributed by atoms with van der Waals surface area (Å²) < 4.78 is 4.73. The van der Waals surface area contributed by atoms with Crippen molar-refractivity contribution in [1.82, 2.24) is 0 Å². The summed E-state index contributed by atoms with van der Waals surface area (Å²) in [6.07, 6.45) is -0.0654. The first kappa shape index (κ1) is 13.9. The van der Waals surface area contributed by atoms with Gasteiger partial charge in [-0.15, -0.1) is 0 Å². The van der Waals surface area contributed by atoms with Gasteiger partial charge in [0.1, 0.15) is 0 Å². The topological polar surface area (TPSA) is 83.8 Å². The molecule has 0 saturated carbocycles. The summed E-state index contributed by atoms with van der Waals surface area (Å²) in [5.41, 5.74) is -1.52. The Kier molecular flexibility index (Phi) is 5.28. The van der Waals surface area contributed by atoms with E-state index in [1.54, 1.807) is 0 Å². The van der Waals surface area contributed by atoms with Gasteiger partial charge in [0.05, 0.1) is 12.0 Å². The van der Waals surface area contributed by atoms with E-state index in [4.69, 9.17) is 9.84 Å². The average molecular weight is 218 g/mol. The molecule has 0 aliphatic heterocycles. The Balaban J connectivity index is 4.25. The van der Waals surface area contributed by atoms with Gasteiger partial charge in [0.15, 0.2) is 6.10 Å². The van der Waals surface area contributed by atoms with E-state index in [1.807, 2.05) is 6.92 Å². The highest BCUT2D eigenvalue weighted by atomic mass is 16.5. The van der Waals surface area contributed by atoms with E-state index in [9.17, 15) is 14.7 Å². The summed E-state index contributed by atoms with van der Waals surface area (Å²) >= 11 is 0. The van der Waals surface area contributed by atoms with Crippen molar-refractivity contribution >= 4 is 11.9 Å². The number of carbonyl (C=O) groups is 2. The van der Waals surface area contributed by atoms with Gasteiger partial charge in [-0.3, -0.25) is 4.79 Å². The number of unbranched alkanes of at least 4 members (excludes halogenated alkanes) is 1. The fraction of sp³-hybridized carbons (Fsp3) is 0.800. The number of ether oxygens (including phenoxy) is 1. The number of hydrogen-bond acceptors (Lipinski definition) is 4. The van der Waals surface area contributed by atoms with Crippen LogP contribution in [0.25, 0.3) is 0 Å². The molecule has 0 aromatic rings. The summed E-state index contributed by atoms with van der Waals surface area (Å²) in [5.74, 6) is -2.11. The van der Waals surface area contributed by atoms with Crippen molar-refractivity contribution in [2.24, 2.45) is 5.41 Å². The van der Waals surface area contributed by atoms with Gasteiger partial charge in [-0.25, -0.2) is 4.79 Å². The van der Waals surface area contributed by atoms with Crippen LogP contribution in [0.4, 0.5) is 0 Å². The lowest BCUT2D eigenvalue weighted by atomic mass is 9.87. The predicted molar refractivity (Wildman–Crippen MR) is 53.3 cm³/mol. The zero-order valence-corrected chi connectivity index (χ0v) is 9.32. The smallest absolute Gasteiger partial charge is 0.336 e. The molecule has 0 fully saturated rings. The highest BCUT2D eigenvalue weighted by molar-refractivity contribution is 5.85. The lowest BCUT2D eigenvalue weighted by Crippen LogP contribution is -2.43. The number of carboxylic acid groups (broad SMARTS) is 1. The van der Waals surface area contributed by atoms with Crippen molar-refractivity contribution < 1.29 is 24.5 Å². The fourth-order valence-electron chi connectivity index (χ4n) is 0.808. The van der Waals surface area contributed by atoms with E-state index >= 15 is 0 Å². The van der Waals surface area contributed by atoms with E-state index in [0.29, 0.717) is 6.42 Å². The molecule has 5 heteroatoms. The minimum atomic E-state index is -1.63. The Morgan fingerprint density at radius 2 is 1.93 bits per heavy atom. The molecule has 0 aliphatic rings. The standard InChI is InChI=1S/C10H18O5/c1-4-5-6-15-8(12)7(11)10(2,3)9(13)14/h7,11H,4-6H2,1-3H3,(H,13,14). The Morgan fingerprint density at radius 1 is 1.40 bits per heavy atom. The molecule has 0 radical (unpaired) electrons. The normalized spacial score (nSPS) is 13.3. The molecule has 1 unspecified atom stereocenters. The first-order valence-electron chi connectivity index (χ1n) is 4.92. The van der Waals surface area contributed by atoms with Crippen molar-refractivity contribution in [2.45, 2.75) is 39.7 Å². The Morgan fingerprint density at radius 3 is 2.33 bits per heavy atom. The summed E-state index contributed by atoms with van der Waals surface area (Å²) in [7, 11) is 0. The summed E-state index contributed by atoms with van der Waals surface area (Å²) in [6.45, 7) is 4.70. The van der Waals surface area contributed by atoms with Crippen LogP contribution in [0.15, 0.2) is 0 Å². The van der Waals surface area contributed by atoms with Crippen LogP contribution < -0.4 is 0 Å². The van der Waals surface area contributed by atoms with Crippen LogP contribution in [-0.2, 0) is 14.3 Å². The van der Waals surface area contributed by atoms with E-state index < -0.39 is 23.5 Å². The van der Waals surface area contributed by atoms with Crippen molar-refractivity contribution in [3.63, 3.8) is 0 Å². The van der Waals surface area contributed by atoms with Crippen LogP contribution in [0, 0.1) is 5.41 Å². The third-order valence-corrected chi connectivity index (χ3v) is 2.20. The molecule has 15 heavy (non-hydrogen) atoms. The van der Waals surface area contributed by atoms with Gasteiger partial charge < -0.3 is 14.9 Å². The second kappa shape index (κ2) is 5.70. The number of hydrogen-bond donors (Lipinski definition) is 2. The number of aliphatic carboxylic acids is 1. The number of carbonyl (C=O) groups excluding carboxylic acids is 1. The molecular formula is C10H18O5. The molecule has 0 aromatic heterocycles. The van der Waals surface area contributed by atoms with Gasteiger partial charge in [-0.1, -0.05) is 13.3 Å². The van der Waals surface area contributed by atoms with E-state index in [1.165, 1.54) is 13.8 Å². The summed E-state index contributed by atoms with van der Waals surface area (Å²) in [5, 5.41) is 18.2. The van der Waals surface area contributed by atoms with Crippen molar-refractivity contribution in [3.8, 4) is 0 Å². The highest BCUT2D eigenvalue weighted by Crippen LogP contribution is 2.21. The lowest BCUT2D eigenvalue weighted by Gasteiger charge is -2.23. The molecule has 5 nitrogen and oxygen atoms in total. The third kappa shape index (κ3) is 3.87. The van der Waals surface area contributed by atoms with Gasteiger partial charge in [-0.2, -0.15) is 0 Å². The number of carboxylic acids is 1. The fourth-order valence-corrected chi connectivity index (χ4v) is 0.808. The van der Waals surface area contributed by atoms with Crippen LogP contribution in [0.2, 0.25) is 0 Å². The lowest BCUT2D eigenvalue weighted by molar-refractivity contribution is -0.170. The molecule has 0 heterocycles. The van der Waals surface area contributed by atoms with Crippen LogP contribution in [0.3, 0.4) is 0 Å². The second-order valence-corrected chi connectivity index (χ2v) is 3.95. The third-order valence-electron chi connectivity index (χ3n) is 2.20. The first-order valence-corrected chi connectivity index (χ1v) is 4.92. The number of esters is 1. The van der Waals surface area contributed by atoms with Crippen LogP contribution in [0.5, 0.6) is 0 Å². The Bertz CT molecular complexity index is 234. The molecule has 0 rings (SSSR count). The quantitative estimate of drug-likeness (QED) is 0.509. The number of aliphatic hydroxyl groups excluding tert-OH is 1. The minimum Gasteiger partial charge on any atom is -0.481 e.